The number of hydrogen-bond acceptors (Lipinski definition) is 6. The summed E-state index contributed by atoms with van der Waals surface area (Å²) >= 11 is 0. The number of carbonyl (C=O) groups is 1. The summed E-state index contributed by atoms with van der Waals surface area (Å²) in [6.45, 7) is 3.38. The molecule has 1 fully saturated rings. The number of piperazine rings is 1. The molecule has 1 unspecified atom stereocenters. The maximum Gasteiger partial charge on any atom is 0.259 e. The number of benzene rings is 1. The van der Waals surface area contributed by atoms with Gasteiger partial charge in [0.1, 0.15) is 17.7 Å². The van der Waals surface area contributed by atoms with Gasteiger partial charge in [-0.2, -0.15) is 4.98 Å². The molecule has 0 bridgehead atoms. The van der Waals surface area contributed by atoms with Crippen molar-refractivity contribution in [1.29, 1.82) is 0 Å². The van der Waals surface area contributed by atoms with Crippen LogP contribution in [0.1, 0.15) is 13.3 Å². The van der Waals surface area contributed by atoms with Crippen LogP contribution in [-0.2, 0) is 4.79 Å². The van der Waals surface area contributed by atoms with E-state index in [1.54, 1.807) is 29.3 Å². The Morgan fingerprint density at radius 1 is 1.21 bits per heavy atom. The van der Waals surface area contributed by atoms with E-state index in [9.17, 15) is 9.18 Å². The summed E-state index contributed by atoms with van der Waals surface area (Å²) < 4.78 is 19.2. The van der Waals surface area contributed by atoms with Gasteiger partial charge in [-0.15, -0.1) is 0 Å². The summed E-state index contributed by atoms with van der Waals surface area (Å²) in [7, 11) is 1.82. The number of aromatic nitrogens is 3. The second-order valence-corrected chi connectivity index (χ2v) is 6.69. The van der Waals surface area contributed by atoms with E-state index in [-0.39, 0.29) is 29.2 Å². The SMILES string of the molecule is CCC1C(=O)N(C)CCN1c1ccc(-c2nc(-c3ccccc3F)no2)cn1. The van der Waals surface area contributed by atoms with Crippen molar-refractivity contribution in [2.75, 3.05) is 25.0 Å². The first kappa shape index (κ1) is 18.1. The number of pyridine rings is 1. The fourth-order valence-electron chi connectivity index (χ4n) is 3.36. The Bertz CT molecular complexity index is 988. The van der Waals surface area contributed by atoms with Crippen molar-refractivity contribution in [3.8, 4) is 22.8 Å². The van der Waals surface area contributed by atoms with Crippen molar-refractivity contribution >= 4 is 11.7 Å². The minimum Gasteiger partial charge on any atom is -0.343 e. The third-order valence-corrected chi connectivity index (χ3v) is 4.93. The molecule has 28 heavy (non-hydrogen) atoms. The van der Waals surface area contributed by atoms with Crippen molar-refractivity contribution in [3.05, 3.63) is 48.4 Å². The van der Waals surface area contributed by atoms with Gasteiger partial charge < -0.3 is 14.3 Å². The predicted octanol–water partition coefficient (Wildman–Crippen LogP) is 2.99. The number of carbonyl (C=O) groups excluding carboxylic acids is 1. The minimum absolute atomic E-state index is 0.103. The lowest BCUT2D eigenvalue weighted by atomic mass is 10.1. The quantitative estimate of drug-likeness (QED) is 0.692. The van der Waals surface area contributed by atoms with E-state index in [0.29, 0.717) is 18.5 Å². The molecule has 0 spiro atoms. The smallest absolute Gasteiger partial charge is 0.259 e. The molecule has 144 valence electrons. The van der Waals surface area contributed by atoms with Gasteiger partial charge in [-0.1, -0.05) is 24.2 Å². The molecule has 1 aromatic carbocycles. The second kappa shape index (κ2) is 7.38. The van der Waals surface area contributed by atoms with Crippen LogP contribution in [0.2, 0.25) is 0 Å². The molecule has 0 saturated carbocycles. The highest BCUT2D eigenvalue weighted by Crippen LogP contribution is 2.26. The highest BCUT2D eigenvalue weighted by atomic mass is 19.1. The summed E-state index contributed by atoms with van der Waals surface area (Å²) in [6, 6.07) is 9.71. The van der Waals surface area contributed by atoms with Crippen LogP contribution in [0.5, 0.6) is 0 Å². The Labute approximate surface area is 161 Å². The van der Waals surface area contributed by atoms with Crippen molar-refractivity contribution in [1.82, 2.24) is 20.0 Å². The van der Waals surface area contributed by atoms with Crippen LogP contribution in [0.25, 0.3) is 22.8 Å². The average molecular weight is 381 g/mol. The van der Waals surface area contributed by atoms with Gasteiger partial charge in [0.25, 0.3) is 5.89 Å². The first-order valence-corrected chi connectivity index (χ1v) is 9.15. The van der Waals surface area contributed by atoms with Crippen LogP contribution in [0.15, 0.2) is 47.1 Å². The summed E-state index contributed by atoms with van der Waals surface area (Å²) in [5, 5.41) is 3.87. The summed E-state index contributed by atoms with van der Waals surface area (Å²) in [4.78, 5) is 24.9. The van der Waals surface area contributed by atoms with Crippen molar-refractivity contribution in [2.45, 2.75) is 19.4 Å². The van der Waals surface area contributed by atoms with Crippen LogP contribution in [0.4, 0.5) is 10.2 Å². The molecule has 1 saturated heterocycles. The zero-order chi connectivity index (χ0) is 19.7. The molecule has 7 nitrogen and oxygen atoms in total. The highest BCUT2D eigenvalue weighted by Gasteiger charge is 2.32. The third-order valence-electron chi connectivity index (χ3n) is 4.93. The average Bonchev–Trinajstić information content (AvgIpc) is 3.20. The number of amides is 1. The Balaban J connectivity index is 1.57. The van der Waals surface area contributed by atoms with Crippen molar-refractivity contribution in [3.63, 3.8) is 0 Å². The van der Waals surface area contributed by atoms with Crippen LogP contribution in [0, 0.1) is 5.82 Å². The molecule has 0 radical (unpaired) electrons. The molecular formula is C20H20FN5O2. The predicted molar refractivity (Wildman–Crippen MR) is 102 cm³/mol. The lowest BCUT2D eigenvalue weighted by molar-refractivity contribution is -0.132. The second-order valence-electron chi connectivity index (χ2n) is 6.69. The monoisotopic (exact) mass is 381 g/mol. The van der Waals surface area contributed by atoms with Crippen molar-refractivity contribution < 1.29 is 13.7 Å². The van der Waals surface area contributed by atoms with E-state index in [1.165, 1.54) is 6.07 Å². The number of likely N-dealkylation sites (N-methyl/N-ethyl adjacent to an activating group) is 1. The lowest BCUT2D eigenvalue weighted by Crippen LogP contribution is -2.55. The van der Waals surface area contributed by atoms with Gasteiger partial charge in [-0.3, -0.25) is 4.79 Å². The van der Waals surface area contributed by atoms with E-state index < -0.39 is 5.82 Å². The Morgan fingerprint density at radius 3 is 2.75 bits per heavy atom. The van der Waals surface area contributed by atoms with E-state index in [2.05, 4.69) is 15.1 Å². The summed E-state index contributed by atoms with van der Waals surface area (Å²) in [6.07, 6.45) is 2.34. The molecule has 2 aromatic heterocycles. The maximum absolute atomic E-state index is 13.9. The number of rotatable bonds is 4. The van der Waals surface area contributed by atoms with Gasteiger partial charge in [-0.25, -0.2) is 9.37 Å². The van der Waals surface area contributed by atoms with Gasteiger partial charge in [0.2, 0.25) is 11.7 Å². The third kappa shape index (κ3) is 3.21. The van der Waals surface area contributed by atoms with Crippen LogP contribution in [-0.4, -0.2) is 52.1 Å². The summed E-state index contributed by atoms with van der Waals surface area (Å²) in [5.41, 5.74) is 0.913. The van der Waals surface area contributed by atoms with E-state index in [1.807, 2.05) is 31.0 Å². The Morgan fingerprint density at radius 2 is 2.04 bits per heavy atom. The molecule has 3 aromatic rings. The maximum atomic E-state index is 13.9. The largest absolute Gasteiger partial charge is 0.343 e. The van der Waals surface area contributed by atoms with E-state index in [4.69, 9.17) is 4.52 Å². The molecule has 1 aliphatic rings. The van der Waals surface area contributed by atoms with Crippen LogP contribution < -0.4 is 4.90 Å². The van der Waals surface area contributed by atoms with Gasteiger partial charge in [0.05, 0.1) is 11.1 Å². The standard InChI is InChI=1S/C20H20FN5O2/c1-3-16-20(27)25(2)10-11-26(16)17-9-8-13(12-22-17)19-23-18(24-28-19)14-6-4-5-7-15(14)21/h4-9,12,16H,3,10-11H2,1-2H3. The van der Waals surface area contributed by atoms with Crippen molar-refractivity contribution in [2.24, 2.45) is 0 Å². The first-order chi connectivity index (χ1) is 13.6. The molecule has 1 amide bonds. The van der Waals surface area contributed by atoms with Gasteiger partial charge in [0, 0.05) is 26.3 Å². The summed E-state index contributed by atoms with van der Waals surface area (Å²) in [5.74, 6) is 0.873. The number of hydrogen-bond donors (Lipinski definition) is 0. The van der Waals surface area contributed by atoms with Gasteiger partial charge >= 0.3 is 0 Å². The molecule has 8 heteroatoms. The highest BCUT2D eigenvalue weighted by molar-refractivity contribution is 5.86. The fourth-order valence-corrected chi connectivity index (χ4v) is 3.36. The molecule has 0 N–H and O–H groups in total. The van der Waals surface area contributed by atoms with Crippen LogP contribution >= 0.6 is 0 Å². The number of halogens is 1. The molecule has 0 aliphatic carbocycles. The Kier molecular flexibility index (Phi) is 4.77. The van der Waals surface area contributed by atoms with E-state index >= 15 is 0 Å². The fraction of sp³-hybridized carbons (Fsp3) is 0.300. The molecule has 3 heterocycles. The zero-order valence-electron chi connectivity index (χ0n) is 15.7. The van der Waals surface area contributed by atoms with Gasteiger partial charge in [-0.05, 0) is 30.7 Å². The lowest BCUT2D eigenvalue weighted by Gasteiger charge is -2.39. The number of anilines is 1. The topological polar surface area (TPSA) is 75.4 Å². The molecule has 1 atom stereocenters. The van der Waals surface area contributed by atoms with Crippen LogP contribution in [0.3, 0.4) is 0 Å². The van der Waals surface area contributed by atoms with E-state index in [0.717, 1.165) is 12.4 Å². The molecular weight excluding hydrogens is 361 g/mol. The zero-order valence-corrected chi connectivity index (χ0v) is 15.7. The number of nitrogens with zero attached hydrogens (tertiary/aromatic N) is 5. The first-order valence-electron chi connectivity index (χ1n) is 9.15. The van der Waals surface area contributed by atoms with Gasteiger partial charge in [0.15, 0.2) is 0 Å². The Hall–Kier alpha value is -3.29. The normalized spacial score (nSPS) is 17.2. The minimum atomic E-state index is -0.409. The molecule has 1 aliphatic heterocycles. The molecule has 4 rings (SSSR count).